The number of aromatic nitrogens is 1. The SMILES string of the molecule is CC(Oc1cc(-c2ccc(C(=O)NCCN(C)C)cc2)cnc1N)c1c(Cl)ccc(F)c1Cl. The maximum atomic E-state index is 13.9. The number of nitrogen functional groups attached to an aromatic ring is 1. The average molecular weight is 491 g/mol. The number of hydrogen-bond donors (Lipinski definition) is 2. The van der Waals surface area contributed by atoms with Gasteiger partial charge >= 0.3 is 0 Å². The molecule has 3 rings (SSSR count). The summed E-state index contributed by atoms with van der Waals surface area (Å²) in [5.74, 6) is -0.245. The lowest BCUT2D eigenvalue weighted by molar-refractivity contribution is 0.0951. The number of amides is 1. The van der Waals surface area contributed by atoms with Crippen LogP contribution >= 0.6 is 23.2 Å². The Bertz CT molecular complexity index is 1140. The van der Waals surface area contributed by atoms with E-state index in [1.165, 1.54) is 12.1 Å². The minimum atomic E-state index is -0.673. The average Bonchev–Trinajstić information content (AvgIpc) is 2.78. The second-order valence-corrected chi connectivity index (χ2v) is 8.55. The van der Waals surface area contributed by atoms with Crippen LogP contribution in [0.25, 0.3) is 11.1 Å². The van der Waals surface area contributed by atoms with E-state index in [0.29, 0.717) is 23.4 Å². The largest absolute Gasteiger partial charge is 0.482 e. The van der Waals surface area contributed by atoms with Crippen molar-refractivity contribution in [1.82, 2.24) is 15.2 Å². The van der Waals surface area contributed by atoms with Gasteiger partial charge in [0, 0.05) is 41.0 Å². The number of pyridine rings is 1. The van der Waals surface area contributed by atoms with Crippen LogP contribution in [0.5, 0.6) is 5.75 Å². The predicted octanol–water partition coefficient (Wildman–Crippen LogP) is 5.21. The second-order valence-electron chi connectivity index (χ2n) is 7.76. The maximum Gasteiger partial charge on any atom is 0.251 e. The molecule has 0 aliphatic carbocycles. The third-order valence-electron chi connectivity index (χ3n) is 5.00. The van der Waals surface area contributed by atoms with Gasteiger partial charge in [0.2, 0.25) is 0 Å². The standard InChI is InChI=1S/C24H25Cl2FN4O2/c1-14(21-18(25)8-9-19(27)22(21)26)33-20-12-17(13-30-23(20)28)15-4-6-16(7-5-15)24(32)29-10-11-31(2)3/h4-9,12-14H,10-11H2,1-3H3,(H2,28,30)(H,29,32). The molecule has 0 saturated carbocycles. The van der Waals surface area contributed by atoms with Crippen LogP contribution in [0.3, 0.4) is 0 Å². The number of likely N-dealkylation sites (N-methyl/N-ethyl adjacent to an activating group) is 1. The molecule has 1 heterocycles. The van der Waals surface area contributed by atoms with E-state index in [2.05, 4.69) is 10.3 Å². The van der Waals surface area contributed by atoms with E-state index in [9.17, 15) is 9.18 Å². The van der Waals surface area contributed by atoms with Crippen LogP contribution in [0.15, 0.2) is 48.7 Å². The molecule has 0 fully saturated rings. The van der Waals surface area contributed by atoms with Gasteiger partial charge in [0.15, 0.2) is 11.6 Å². The summed E-state index contributed by atoms with van der Waals surface area (Å²) in [4.78, 5) is 18.5. The van der Waals surface area contributed by atoms with E-state index in [-0.39, 0.29) is 21.8 Å². The summed E-state index contributed by atoms with van der Waals surface area (Å²) >= 11 is 12.3. The third-order valence-corrected chi connectivity index (χ3v) is 5.71. The van der Waals surface area contributed by atoms with Crippen LogP contribution in [-0.4, -0.2) is 43.0 Å². The molecule has 0 saturated heterocycles. The number of carbonyl (C=O) groups excluding carboxylic acids is 1. The Morgan fingerprint density at radius 2 is 1.88 bits per heavy atom. The molecule has 3 aromatic rings. The Morgan fingerprint density at radius 3 is 2.55 bits per heavy atom. The number of anilines is 1. The third kappa shape index (κ3) is 6.13. The smallest absolute Gasteiger partial charge is 0.251 e. The fourth-order valence-electron chi connectivity index (χ4n) is 3.18. The Labute approximate surface area is 202 Å². The fourth-order valence-corrected chi connectivity index (χ4v) is 3.86. The number of nitrogens with two attached hydrogens (primary N) is 1. The summed E-state index contributed by atoms with van der Waals surface area (Å²) in [6.45, 7) is 3.02. The highest BCUT2D eigenvalue weighted by Gasteiger charge is 2.20. The summed E-state index contributed by atoms with van der Waals surface area (Å²) in [5.41, 5.74) is 8.45. The molecule has 0 bridgehead atoms. The molecule has 3 N–H and O–H groups in total. The highest BCUT2D eigenvalue weighted by Crippen LogP contribution is 2.37. The topological polar surface area (TPSA) is 80.5 Å². The van der Waals surface area contributed by atoms with Crippen LogP contribution in [0.4, 0.5) is 10.2 Å². The Morgan fingerprint density at radius 1 is 1.18 bits per heavy atom. The lowest BCUT2D eigenvalue weighted by Crippen LogP contribution is -2.31. The van der Waals surface area contributed by atoms with Crippen molar-refractivity contribution < 1.29 is 13.9 Å². The lowest BCUT2D eigenvalue weighted by Gasteiger charge is -2.19. The minimum Gasteiger partial charge on any atom is -0.482 e. The predicted molar refractivity (Wildman–Crippen MR) is 130 cm³/mol. The molecular formula is C24H25Cl2FN4O2. The van der Waals surface area contributed by atoms with Crippen molar-refractivity contribution >= 4 is 34.9 Å². The molecule has 6 nitrogen and oxygen atoms in total. The first-order valence-electron chi connectivity index (χ1n) is 10.3. The molecule has 174 valence electrons. The van der Waals surface area contributed by atoms with Crippen LogP contribution in [0, 0.1) is 5.82 Å². The number of ether oxygens (including phenoxy) is 1. The summed E-state index contributed by atoms with van der Waals surface area (Å²) in [5, 5.41) is 3.07. The zero-order valence-electron chi connectivity index (χ0n) is 18.5. The fraction of sp³-hybridized carbons (Fsp3) is 0.250. The summed E-state index contributed by atoms with van der Waals surface area (Å²) in [6.07, 6.45) is 0.939. The number of hydrogen-bond acceptors (Lipinski definition) is 5. The monoisotopic (exact) mass is 490 g/mol. The highest BCUT2D eigenvalue weighted by molar-refractivity contribution is 6.36. The first kappa shape index (κ1) is 24.8. The molecule has 2 aromatic carbocycles. The van der Waals surface area contributed by atoms with Crippen molar-refractivity contribution in [1.29, 1.82) is 0 Å². The highest BCUT2D eigenvalue weighted by atomic mass is 35.5. The first-order chi connectivity index (χ1) is 15.7. The number of nitrogens with one attached hydrogen (secondary N) is 1. The second kappa shape index (κ2) is 10.8. The molecule has 0 aliphatic heterocycles. The first-order valence-corrected chi connectivity index (χ1v) is 11.0. The number of benzene rings is 2. The number of rotatable bonds is 8. The van der Waals surface area contributed by atoms with E-state index >= 15 is 0 Å². The van der Waals surface area contributed by atoms with Gasteiger partial charge in [-0.05, 0) is 56.9 Å². The molecule has 1 atom stereocenters. The van der Waals surface area contributed by atoms with E-state index in [4.69, 9.17) is 33.7 Å². The number of carbonyl (C=O) groups is 1. The van der Waals surface area contributed by atoms with E-state index < -0.39 is 11.9 Å². The van der Waals surface area contributed by atoms with Crippen molar-refractivity contribution in [3.8, 4) is 16.9 Å². The normalized spacial score (nSPS) is 12.0. The summed E-state index contributed by atoms with van der Waals surface area (Å²) < 4.78 is 19.8. The minimum absolute atomic E-state index is 0.0999. The van der Waals surface area contributed by atoms with Crippen LogP contribution in [0.1, 0.15) is 28.9 Å². The zero-order chi connectivity index (χ0) is 24.1. The Hall–Kier alpha value is -2.87. The quantitative estimate of drug-likeness (QED) is 0.423. The van der Waals surface area contributed by atoms with Gasteiger partial charge in [-0.2, -0.15) is 0 Å². The lowest BCUT2D eigenvalue weighted by atomic mass is 10.0. The van der Waals surface area contributed by atoms with Gasteiger partial charge in [0.1, 0.15) is 11.9 Å². The van der Waals surface area contributed by atoms with Gasteiger partial charge in [0.05, 0.1) is 5.02 Å². The molecule has 1 unspecified atom stereocenters. The van der Waals surface area contributed by atoms with Gasteiger partial charge < -0.3 is 20.7 Å². The van der Waals surface area contributed by atoms with Crippen molar-refractivity contribution in [2.45, 2.75) is 13.0 Å². The van der Waals surface area contributed by atoms with E-state index in [1.54, 1.807) is 31.3 Å². The van der Waals surface area contributed by atoms with Crippen molar-refractivity contribution in [2.75, 3.05) is 32.9 Å². The Balaban J connectivity index is 1.78. The van der Waals surface area contributed by atoms with E-state index in [0.717, 1.165) is 17.7 Å². The van der Waals surface area contributed by atoms with Crippen LogP contribution < -0.4 is 15.8 Å². The number of halogens is 3. The molecule has 0 radical (unpaired) electrons. The molecule has 0 aliphatic rings. The molecule has 1 amide bonds. The molecule has 1 aromatic heterocycles. The molecular weight excluding hydrogens is 466 g/mol. The van der Waals surface area contributed by atoms with Gasteiger partial charge in [-0.3, -0.25) is 4.79 Å². The van der Waals surface area contributed by atoms with Gasteiger partial charge in [0.25, 0.3) is 5.91 Å². The molecule has 0 spiro atoms. The number of nitrogens with zero attached hydrogens (tertiary/aromatic N) is 2. The summed E-state index contributed by atoms with van der Waals surface area (Å²) in [7, 11) is 3.89. The van der Waals surface area contributed by atoms with Crippen molar-refractivity contribution in [3.05, 3.63) is 75.7 Å². The molecule has 9 heteroatoms. The van der Waals surface area contributed by atoms with Crippen molar-refractivity contribution in [2.24, 2.45) is 0 Å². The van der Waals surface area contributed by atoms with Crippen molar-refractivity contribution in [3.63, 3.8) is 0 Å². The molecule has 33 heavy (non-hydrogen) atoms. The van der Waals surface area contributed by atoms with E-state index in [1.807, 2.05) is 31.1 Å². The van der Waals surface area contributed by atoms with Gasteiger partial charge in [-0.1, -0.05) is 35.3 Å². The van der Waals surface area contributed by atoms with Crippen LogP contribution in [-0.2, 0) is 0 Å². The zero-order valence-corrected chi connectivity index (χ0v) is 20.0. The van der Waals surface area contributed by atoms with Gasteiger partial charge in [-0.25, -0.2) is 9.37 Å². The summed E-state index contributed by atoms with van der Waals surface area (Å²) in [6, 6.07) is 11.5. The Kier molecular flexibility index (Phi) is 8.13. The van der Waals surface area contributed by atoms with Crippen LogP contribution in [0.2, 0.25) is 10.0 Å². The van der Waals surface area contributed by atoms with Gasteiger partial charge in [-0.15, -0.1) is 0 Å². The maximum absolute atomic E-state index is 13.9.